The van der Waals surface area contributed by atoms with E-state index in [0.29, 0.717) is 17.4 Å². The molecule has 2 N–H and O–H groups in total. The monoisotopic (exact) mass is 967 g/mol. The van der Waals surface area contributed by atoms with Gasteiger partial charge in [0, 0.05) is 6.42 Å². The lowest BCUT2D eigenvalue weighted by Crippen LogP contribution is -2.45. The Hall–Kier alpha value is -2.84. The average molecular weight is 967 g/mol. The lowest BCUT2D eigenvalue weighted by Gasteiger charge is -2.29. The van der Waals surface area contributed by atoms with Crippen LogP contribution in [0.2, 0.25) is 0 Å². The van der Waals surface area contributed by atoms with Gasteiger partial charge in [0.25, 0.3) is 7.82 Å². The average Bonchev–Trinajstić information content (AvgIpc) is 3.30. The predicted molar refractivity (Wildman–Crippen MR) is 292 cm³/mol. The quantitative estimate of drug-likeness (QED) is 0.0272. The van der Waals surface area contributed by atoms with E-state index >= 15 is 0 Å². The zero-order valence-corrected chi connectivity index (χ0v) is 45.2. The zero-order chi connectivity index (χ0) is 49.9. The van der Waals surface area contributed by atoms with E-state index < -0.39 is 26.6 Å². The van der Waals surface area contributed by atoms with Gasteiger partial charge in [-0.3, -0.25) is 9.36 Å². The third-order valence-electron chi connectivity index (χ3n) is 11.4. The molecular weight excluding hydrogens is 864 g/mol. The number of unbranched alkanes of at least 4 members (excludes halogenated alkanes) is 19. The second-order valence-electron chi connectivity index (χ2n) is 19.2. The van der Waals surface area contributed by atoms with Crippen molar-refractivity contribution in [3.63, 3.8) is 0 Å². The molecule has 0 aliphatic carbocycles. The highest BCUT2D eigenvalue weighted by molar-refractivity contribution is 7.45. The van der Waals surface area contributed by atoms with Crippen molar-refractivity contribution in [1.82, 2.24) is 5.32 Å². The Labute approximate surface area is 419 Å². The first-order valence-corrected chi connectivity index (χ1v) is 28.7. The van der Waals surface area contributed by atoms with Crippen LogP contribution in [0.5, 0.6) is 0 Å². The Morgan fingerprint density at radius 2 is 0.912 bits per heavy atom. The van der Waals surface area contributed by atoms with Gasteiger partial charge in [-0.25, -0.2) is 0 Å². The SMILES string of the molecule is CC/C=C\C/C=C\C/C=C\C/C=C\C/C=C\C/C=C\CCCCCCCCCCCCCCCCCCC(=O)NC(COP(=O)([O-])OCC[N+](C)(C)C)C(O)/C=C/CC/C=C/CC/C=C/CCC. The van der Waals surface area contributed by atoms with Crippen molar-refractivity contribution in [2.75, 3.05) is 40.9 Å². The first kappa shape index (κ1) is 65.2. The van der Waals surface area contributed by atoms with E-state index in [2.05, 4.69) is 116 Å². The maximum Gasteiger partial charge on any atom is 0.268 e. The molecule has 8 nitrogen and oxygen atoms in total. The van der Waals surface area contributed by atoms with Crippen LogP contribution in [-0.2, 0) is 18.4 Å². The summed E-state index contributed by atoms with van der Waals surface area (Å²) in [6.45, 7) is 4.41. The molecular formula is C59H103N2O6P. The molecule has 0 fully saturated rings. The highest BCUT2D eigenvalue weighted by Gasteiger charge is 2.23. The number of quaternary nitrogens is 1. The summed E-state index contributed by atoms with van der Waals surface area (Å²) in [4.78, 5) is 25.4. The number of carbonyl (C=O) groups excluding carboxylic acids is 1. The number of rotatable bonds is 48. The van der Waals surface area contributed by atoms with Gasteiger partial charge in [0.15, 0.2) is 0 Å². The molecule has 0 saturated heterocycles. The third kappa shape index (κ3) is 51.0. The van der Waals surface area contributed by atoms with Crippen LogP contribution in [0.4, 0.5) is 0 Å². The Kier molecular flexibility index (Phi) is 47.1. The number of phosphoric acid groups is 1. The minimum absolute atomic E-state index is 0.0131. The maximum atomic E-state index is 12.9. The van der Waals surface area contributed by atoms with Gasteiger partial charge in [0.05, 0.1) is 39.9 Å². The lowest BCUT2D eigenvalue weighted by atomic mass is 10.0. The number of amides is 1. The van der Waals surface area contributed by atoms with E-state index in [1.54, 1.807) is 6.08 Å². The van der Waals surface area contributed by atoms with Crippen LogP contribution in [-0.4, -0.2) is 68.5 Å². The topological polar surface area (TPSA) is 108 Å². The summed E-state index contributed by atoms with van der Waals surface area (Å²) in [5, 5.41) is 13.8. The number of hydrogen-bond donors (Lipinski definition) is 2. The van der Waals surface area contributed by atoms with Crippen molar-refractivity contribution in [1.29, 1.82) is 0 Å². The van der Waals surface area contributed by atoms with Gasteiger partial charge in [0.1, 0.15) is 13.2 Å². The van der Waals surface area contributed by atoms with Crippen LogP contribution in [0, 0.1) is 0 Å². The lowest BCUT2D eigenvalue weighted by molar-refractivity contribution is -0.870. The van der Waals surface area contributed by atoms with Crippen molar-refractivity contribution < 1.29 is 32.9 Å². The van der Waals surface area contributed by atoms with E-state index in [0.717, 1.165) is 89.9 Å². The maximum absolute atomic E-state index is 12.9. The third-order valence-corrected chi connectivity index (χ3v) is 12.4. The second kappa shape index (κ2) is 49.2. The molecule has 1 amide bonds. The number of nitrogens with one attached hydrogen (secondary N) is 1. The van der Waals surface area contributed by atoms with Crippen LogP contribution in [0.25, 0.3) is 0 Å². The van der Waals surface area contributed by atoms with E-state index in [4.69, 9.17) is 9.05 Å². The van der Waals surface area contributed by atoms with E-state index in [-0.39, 0.29) is 12.5 Å². The zero-order valence-electron chi connectivity index (χ0n) is 44.3. The Morgan fingerprint density at radius 3 is 1.35 bits per heavy atom. The van der Waals surface area contributed by atoms with Gasteiger partial charge >= 0.3 is 0 Å². The number of nitrogens with zero attached hydrogens (tertiary/aromatic N) is 1. The molecule has 0 spiro atoms. The minimum Gasteiger partial charge on any atom is -0.756 e. The Bertz CT molecular complexity index is 1470. The van der Waals surface area contributed by atoms with E-state index in [1.807, 2.05) is 27.2 Å². The number of likely N-dealkylation sites (N-methyl/N-ethyl adjacent to an activating group) is 1. The second-order valence-corrected chi connectivity index (χ2v) is 20.6. The van der Waals surface area contributed by atoms with Crippen molar-refractivity contribution in [3.05, 3.63) is 109 Å². The molecule has 0 bridgehead atoms. The van der Waals surface area contributed by atoms with Gasteiger partial charge in [-0.15, -0.1) is 0 Å². The number of aliphatic hydroxyl groups is 1. The summed E-state index contributed by atoms with van der Waals surface area (Å²) < 4.78 is 23.2. The highest BCUT2D eigenvalue weighted by atomic mass is 31.2. The molecule has 390 valence electrons. The van der Waals surface area contributed by atoms with Gasteiger partial charge in [-0.2, -0.15) is 0 Å². The molecule has 3 unspecified atom stereocenters. The van der Waals surface area contributed by atoms with Gasteiger partial charge in [-0.05, 0) is 89.9 Å². The van der Waals surface area contributed by atoms with Gasteiger partial charge in [-0.1, -0.05) is 220 Å². The number of allylic oxidation sites excluding steroid dienone is 17. The summed E-state index contributed by atoms with van der Waals surface area (Å²) in [6, 6.07) is -0.913. The molecule has 68 heavy (non-hydrogen) atoms. The van der Waals surface area contributed by atoms with Gasteiger partial charge in [0.2, 0.25) is 5.91 Å². The van der Waals surface area contributed by atoms with Gasteiger partial charge < -0.3 is 28.8 Å². The van der Waals surface area contributed by atoms with Crippen LogP contribution in [0.15, 0.2) is 109 Å². The van der Waals surface area contributed by atoms with E-state index in [9.17, 15) is 19.4 Å². The molecule has 3 atom stereocenters. The standard InChI is InChI=1S/C59H103N2O6P/c1-6-8-10-12-14-16-18-19-20-21-22-23-24-25-26-27-28-29-30-31-32-33-34-35-36-37-38-39-40-41-43-45-47-49-51-53-59(63)60-57(56-67-68(64,65)66-55-54-61(3,4)5)58(62)52-50-48-46-44-42-17-15-13-11-9-7-2/h8,10-11,13-14,16,19-20,22-23,25-26,28-29,42,44,50,52,57-58,62H,6-7,9,12,15,17-18,21,24,27,30-41,43,45-49,51,53-56H2,1-5H3,(H-,60,63,64,65)/b10-8-,13-11+,16-14-,20-19-,23-22-,26-25-,29-28-,44-42+,52-50+. The van der Waals surface area contributed by atoms with Crippen molar-refractivity contribution >= 4 is 13.7 Å². The molecule has 0 aromatic rings. The highest BCUT2D eigenvalue weighted by Crippen LogP contribution is 2.38. The first-order chi connectivity index (χ1) is 33.0. The van der Waals surface area contributed by atoms with Crippen LogP contribution < -0.4 is 10.2 Å². The fourth-order valence-electron chi connectivity index (χ4n) is 7.19. The summed E-state index contributed by atoms with van der Waals surface area (Å²) in [5.74, 6) is -0.217. The Morgan fingerprint density at radius 1 is 0.529 bits per heavy atom. The summed E-state index contributed by atoms with van der Waals surface area (Å²) >= 11 is 0. The predicted octanol–water partition coefficient (Wildman–Crippen LogP) is 15.8. The fraction of sp³-hybridized carbons (Fsp3) is 0.678. The van der Waals surface area contributed by atoms with Crippen molar-refractivity contribution in [2.45, 2.75) is 219 Å². The molecule has 0 aromatic carbocycles. The summed E-state index contributed by atoms with van der Waals surface area (Å²) in [6.07, 6.45) is 71.8. The molecule has 9 heteroatoms. The number of aliphatic hydroxyl groups excluding tert-OH is 1. The molecule has 0 saturated carbocycles. The number of carbonyl (C=O) groups is 1. The normalized spacial score (nSPS) is 14.9. The molecule has 0 aliphatic rings. The molecule has 0 heterocycles. The van der Waals surface area contributed by atoms with Crippen molar-refractivity contribution in [3.8, 4) is 0 Å². The largest absolute Gasteiger partial charge is 0.756 e. The van der Waals surface area contributed by atoms with Crippen LogP contribution in [0.3, 0.4) is 0 Å². The Balaban J connectivity index is 4.04. The van der Waals surface area contributed by atoms with Crippen molar-refractivity contribution in [2.24, 2.45) is 0 Å². The molecule has 0 aromatic heterocycles. The number of hydrogen-bond acceptors (Lipinski definition) is 6. The number of phosphoric ester groups is 1. The van der Waals surface area contributed by atoms with Crippen LogP contribution >= 0.6 is 7.82 Å². The fourth-order valence-corrected chi connectivity index (χ4v) is 7.92. The molecule has 0 aliphatic heterocycles. The molecule has 0 rings (SSSR count). The first-order valence-electron chi connectivity index (χ1n) is 27.2. The van der Waals surface area contributed by atoms with E-state index in [1.165, 1.54) is 96.3 Å². The smallest absolute Gasteiger partial charge is 0.268 e. The summed E-state index contributed by atoms with van der Waals surface area (Å²) in [5.41, 5.74) is 0. The molecule has 0 radical (unpaired) electrons. The summed E-state index contributed by atoms with van der Waals surface area (Å²) in [7, 11) is 1.22. The van der Waals surface area contributed by atoms with Crippen LogP contribution in [0.1, 0.15) is 206 Å². The minimum atomic E-state index is -4.61.